The number of fused-ring (bicyclic) bond motifs is 1. The van der Waals surface area contributed by atoms with Crippen LogP contribution in [0.15, 0.2) is 82.6 Å². The van der Waals surface area contributed by atoms with Crippen LogP contribution in [0.4, 0.5) is 11.4 Å². The Bertz CT molecular complexity index is 1530. The molecule has 4 aromatic rings. The lowest BCUT2D eigenvalue weighted by atomic mass is 10.1. The fraction of sp³-hybridized carbons (Fsp3) is 0.0833. The molecule has 0 saturated heterocycles. The van der Waals surface area contributed by atoms with Gasteiger partial charge in [0.25, 0.3) is 15.9 Å². The smallest absolute Gasteiger partial charge is 0.265 e. The zero-order chi connectivity index (χ0) is 24.3. The highest BCUT2D eigenvalue weighted by Crippen LogP contribution is 2.29. The van der Waals surface area contributed by atoms with Crippen molar-refractivity contribution >= 4 is 38.2 Å². The Kier molecular flexibility index (Phi) is 6.24. The SMILES string of the molecule is COc1ccc(NS(=O)(=O)c2cc(NC(=O)c3c[nH]c4ccccc4c3=O)ccc2OC)cc1. The quantitative estimate of drug-likeness (QED) is 0.372. The number of para-hydroxylation sites is 1. The van der Waals surface area contributed by atoms with E-state index in [1.165, 1.54) is 38.6 Å². The molecule has 0 bridgehead atoms. The molecule has 0 spiro atoms. The van der Waals surface area contributed by atoms with E-state index in [0.717, 1.165) is 0 Å². The van der Waals surface area contributed by atoms with E-state index in [1.54, 1.807) is 48.5 Å². The number of carbonyl (C=O) groups excluding carboxylic acids is 1. The van der Waals surface area contributed by atoms with Crippen molar-refractivity contribution in [3.05, 3.63) is 88.7 Å². The van der Waals surface area contributed by atoms with Gasteiger partial charge in [-0.1, -0.05) is 12.1 Å². The zero-order valence-electron chi connectivity index (χ0n) is 18.3. The maximum Gasteiger partial charge on any atom is 0.265 e. The molecular formula is C24H21N3O6S. The van der Waals surface area contributed by atoms with Crippen molar-refractivity contribution in [1.82, 2.24) is 4.98 Å². The third-order valence-electron chi connectivity index (χ3n) is 5.09. The number of benzene rings is 3. The Morgan fingerprint density at radius 3 is 2.32 bits per heavy atom. The largest absolute Gasteiger partial charge is 0.497 e. The van der Waals surface area contributed by atoms with Gasteiger partial charge in [-0.15, -0.1) is 0 Å². The molecule has 174 valence electrons. The number of methoxy groups -OCH3 is 2. The third-order valence-corrected chi connectivity index (χ3v) is 6.49. The highest BCUT2D eigenvalue weighted by Gasteiger charge is 2.22. The minimum Gasteiger partial charge on any atom is -0.497 e. The van der Waals surface area contributed by atoms with Crippen LogP contribution >= 0.6 is 0 Å². The Morgan fingerprint density at radius 1 is 0.912 bits per heavy atom. The molecule has 0 unspecified atom stereocenters. The van der Waals surface area contributed by atoms with E-state index >= 15 is 0 Å². The molecule has 3 N–H and O–H groups in total. The van der Waals surface area contributed by atoms with E-state index in [9.17, 15) is 18.0 Å². The van der Waals surface area contributed by atoms with Gasteiger partial charge in [0.05, 0.1) is 14.2 Å². The van der Waals surface area contributed by atoms with Gasteiger partial charge in [0.2, 0.25) is 5.43 Å². The number of hydrogen-bond donors (Lipinski definition) is 3. The van der Waals surface area contributed by atoms with Crippen molar-refractivity contribution in [2.75, 3.05) is 24.3 Å². The van der Waals surface area contributed by atoms with Gasteiger partial charge in [-0.3, -0.25) is 14.3 Å². The summed E-state index contributed by atoms with van der Waals surface area (Å²) in [6.07, 6.45) is 1.33. The molecule has 0 aliphatic heterocycles. The van der Waals surface area contributed by atoms with Crippen molar-refractivity contribution < 1.29 is 22.7 Å². The number of pyridine rings is 1. The molecule has 0 radical (unpaired) electrons. The van der Waals surface area contributed by atoms with Crippen molar-refractivity contribution in [2.24, 2.45) is 0 Å². The first-order chi connectivity index (χ1) is 16.3. The Hall–Kier alpha value is -4.31. The van der Waals surface area contributed by atoms with E-state index in [0.29, 0.717) is 22.3 Å². The molecule has 1 heterocycles. The molecule has 0 aliphatic carbocycles. The van der Waals surface area contributed by atoms with Crippen LogP contribution in [0, 0.1) is 0 Å². The molecule has 0 saturated carbocycles. The summed E-state index contributed by atoms with van der Waals surface area (Å²) in [7, 11) is -1.22. The summed E-state index contributed by atoms with van der Waals surface area (Å²) in [6, 6.07) is 17.3. The van der Waals surface area contributed by atoms with Crippen LogP contribution in [0.3, 0.4) is 0 Å². The van der Waals surface area contributed by atoms with Crippen LogP contribution in [0.25, 0.3) is 10.9 Å². The molecule has 0 aliphatic rings. The number of aromatic amines is 1. The van der Waals surface area contributed by atoms with E-state index in [1.807, 2.05) is 0 Å². The van der Waals surface area contributed by atoms with Gasteiger partial charge in [-0.05, 0) is 54.6 Å². The highest BCUT2D eigenvalue weighted by molar-refractivity contribution is 7.92. The summed E-state index contributed by atoms with van der Waals surface area (Å²) < 4.78 is 38.9. The summed E-state index contributed by atoms with van der Waals surface area (Å²) in [5.41, 5.74) is 0.560. The number of sulfonamides is 1. The van der Waals surface area contributed by atoms with Crippen molar-refractivity contribution in [3.63, 3.8) is 0 Å². The van der Waals surface area contributed by atoms with E-state index in [2.05, 4.69) is 15.0 Å². The second-order valence-corrected chi connectivity index (χ2v) is 8.88. The van der Waals surface area contributed by atoms with E-state index < -0.39 is 21.4 Å². The molecule has 0 fully saturated rings. The molecule has 4 rings (SSSR count). The normalized spacial score (nSPS) is 11.1. The first kappa shape index (κ1) is 22.9. The summed E-state index contributed by atoms with van der Waals surface area (Å²) in [5.74, 6) is -0.0138. The van der Waals surface area contributed by atoms with Crippen LogP contribution in [0.5, 0.6) is 11.5 Å². The fourth-order valence-corrected chi connectivity index (χ4v) is 4.62. The van der Waals surface area contributed by atoms with Crippen LogP contribution in [0.2, 0.25) is 0 Å². The Labute approximate surface area is 195 Å². The topological polar surface area (TPSA) is 127 Å². The molecule has 0 atom stereocenters. The molecular weight excluding hydrogens is 458 g/mol. The van der Waals surface area contributed by atoms with Gasteiger partial charge in [0.1, 0.15) is 22.0 Å². The number of nitrogens with one attached hydrogen (secondary N) is 3. The van der Waals surface area contributed by atoms with Gasteiger partial charge < -0.3 is 19.8 Å². The molecule has 1 amide bonds. The Morgan fingerprint density at radius 2 is 1.62 bits per heavy atom. The lowest BCUT2D eigenvalue weighted by Crippen LogP contribution is -2.22. The van der Waals surface area contributed by atoms with Crippen molar-refractivity contribution in [1.29, 1.82) is 0 Å². The van der Waals surface area contributed by atoms with Gasteiger partial charge in [-0.25, -0.2) is 8.42 Å². The minimum absolute atomic E-state index is 0.0857. The van der Waals surface area contributed by atoms with Crippen LogP contribution in [0.1, 0.15) is 10.4 Å². The predicted molar refractivity (Wildman–Crippen MR) is 129 cm³/mol. The second kappa shape index (κ2) is 9.28. The average molecular weight is 480 g/mol. The predicted octanol–water partition coefficient (Wildman–Crippen LogP) is 3.60. The molecule has 9 nitrogen and oxygen atoms in total. The van der Waals surface area contributed by atoms with Crippen molar-refractivity contribution in [2.45, 2.75) is 4.90 Å². The van der Waals surface area contributed by atoms with Crippen LogP contribution in [-0.2, 0) is 10.0 Å². The first-order valence-electron chi connectivity index (χ1n) is 10.1. The fourth-order valence-electron chi connectivity index (χ4n) is 3.37. The number of ether oxygens (including phenoxy) is 2. The monoisotopic (exact) mass is 479 g/mol. The number of amides is 1. The second-order valence-electron chi connectivity index (χ2n) is 7.23. The summed E-state index contributed by atoms with van der Waals surface area (Å²) in [4.78, 5) is 28.3. The number of carbonyl (C=O) groups is 1. The summed E-state index contributed by atoms with van der Waals surface area (Å²) >= 11 is 0. The zero-order valence-corrected chi connectivity index (χ0v) is 19.1. The third kappa shape index (κ3) is 4.57. The van der Waals surface area contributed by atoms with Gasteiger partial charge in [0.15, 0.2) is 0 Å². The molecule has 1 aromatic heterocycles. The maximum atomic E-state index is 13.1. The molecule has 10 heteroatoms. The van der Waals surface area contributed by atoms with Gasteiger partial charge in [0, 0.05) is 28.5 Å². The summed E-state index contributed by atoms with van der Waals surface area (Å²) in [5, 5.41) is 2.96. The van der Waals surface area contributed by atoms with E-state index in [-0.39, 0.29) is 21.9 Å². The maximum absolute atomic E-state index is 13.1. The first-order valence-corrected chi connectivity index (χ1v) is 11.6. The Balaban J connectivity index is 1.64. The van der Waals surface area contributed by atoms with Crippen molar-refractivity contribution in [3.8, 4) is 11.5 Å². The highest BCUT2D eigenvalue weighted by atomic mass is 32.2. The molecule has 34 heavy (non-hydrogen) atoms. The number of aromatic nitrogens is 1. The van der Waals surface area contributed by atoms with Gasteiger partial charge >= 0.3 is 0 Å². The molecule has 3 aromatic carbocycles. The lowest BCUT2D eigenvalue weighted by molar-refractivity contribution is 0.102. The number of hydrogen-bond acceptors (Lipinski definition) is 6. The number of H-pyrrole nitrogens is 1. The van der Waals surface area contributed by atoms with E-state index in [4.69, 9.17) is 9.47 Å². The number of rotatable bonds is 7. The lowest BCUT2D eigenvalue weighted by Gasteiger charge is -2.14. The minimum atomic E-state index is -4.07. The van der Waals surface area contributed by atoms with Crippen LogP contribution < -0.4 is 24.9 Å². The average Bonchev–Trinajstić information content (AvgIpc) is 2.84. The summed E-state index contributed by atoms with van der Waals surface area (Å²) in [6.45, 7) is 0. The number of anilines is 2. The standard InChI is InChI=1S/C24H21N3O6S/c1-32-17-10-7-15(8-11-17)27-34(30,31)22-13-16(9-12-21(22)33-2)26-24(29)19-14-25-20-6-4-3-5-18(20)23(19)28/h3-14,27H,1-2H3,(H,25,28)(H,26,29). The van der Waals surface area contributed by atoms with Gasteiger partial charge in [-0.2, -0.15) is 0 Å². The van der Waals surface area contributed by atoms with Crippen LogP contribution in [-0.4, -0.2) is 33.5 Å².